The molecule has 2 amide bonds. The SMILES string of the molecule is CC(C)(C)C1CCC(OCC(=O)NC23CCC(NC(=O)COC4CCC(Cl)C(F)C4)(CC2)[C@@H](O)C3)CC1. The molecule has 0 heterocycles. The van der Waals surface area contributed by atoms with Crippen LogP contribution in [0.15, 0.2) is 0 Å². The second-order valence-electron chi connectivity index (χ2n) is 13.2. The van der Waals surface area contributed by atoms with E-state index in [4.69, 9.17) is 21.1 Å². The van der Waals surface area contributed by atoms with Crippen LogP contribution in [0.4, 0.5) is 4.39 Å². The maximum Gasteiger partial charge on any atom is 0.246 e. The van der Waals surface area contributed by atoms with Gasteiger partial charge < -0.3 is 25.2 Å². The zero-order valence-electron chi connectivity index (χ0n) is 22.7. The van der Waals surface area contributed by atoms with Crippen LogP contribution in [0, 0.1) is 11.3 Å². The average molecular weight is 545 g/mol. The van der Waals surface area contributed by atoms with Crippen molar-refractivity contribution in [1.82, 2.24) is 10.6 Å². The van der Waals surface area contributed by atoms with Crippen LogP contribution in [-0.2, 0) is 19.1 Å². The molecule has 5 fully saturated rings. The number of aliphatic hydroxyl groups is 1. The zero-order chi connectivity index (χ0) is 26.8. The number of fused-ring (bicyclic) bond motifs is 3. The lowest BCUT2D eigenvalue weighted by Crippen LogP contribution is -2.70. The number of aliphatic hydroxyl groups excluding tert-OH is 1. The van der Waals surface area contributed by atoms with E-state index >= 15 is 0 Å². The molecule has 0 aromatic carbocycles. The molecule has 3 N–H and O–H groups in total. The number of rotatable bonds is 8. The minimum atomic E-state index is -1.11. The number of ether oxygens (including phenoxy) is 2. The highest BCUT2D eigenvalue weighted by atomic mass is 35.5. The van der Waals surface area contributed by atoms with E-state index in [0.717, 1.165) is 25.7 Å². The number of alkyl halides is 2. The number of hydrogen-bond acceptors (Lipinski definition) is 5. The van der Waals surface area contributed by atoms with Crippen molar-refractivity contribution < 1.29 is 28.6 Å². The highest BCUT2D eigenvalue weighted by molar-refractivity contribution is 6.21. The summed E-state index contributed by atoms with van der Waals surface area (Å²) in [7, 11) is 0. The molecule has 0 spiro atoms. The molecule has 212 valence electrons. The van der Waals surface area contributed by atoms with E-state index in [1.54, 1.807) is 0 Å². The van der Waals surface area contributed by atoms with Gasteiger partial charge in [-0.25, -0.2) is 4.39 Å². The fourth-order valence-electron chi connectivity index (χ4n) is 6.98. The van der Waals surface area contributed by atoms with Crippen LogP contribution in [0.25, 0.3) is 0 Å². The third kappa shape index (κ3) is 7.17. The van der Waals surface area contributed by atoms with Crippen molar-refractivity contribution >= 4 is 23.4 Å². The molecular weight excluding hydrogens is 499 g/mol. The van der Waals surface area contributed by atoms with Crippen LogP contribution in [0.1, 0.15) is 97.8 Å². The van der Waals surface area contributed by atoms with Crippen molar-refractivity contribution in [2.45, 2.75) is 139 Å². The Hall–Kier alpha value is -0.960. The van der Waals surface area contributed by atoms with Gasteiger partial charge in [0.2, 0.25) is 11.8 Å². The molecule has 5 saturated carbocycles. The lowest BCUT2D eigenvalue weighted by atomic mass is 9.60. The van der Waals surface area contributed by atoms with Crippen molar-refractivity contribution in [3.63, 3.8) is 0 Å². The van der Waals surface area contributed by atoms with Gasteiger partial charge in [-0.3, -0.25) is 9.59 Å². The number of amides is 2. The minimum absolute atomic E-state index is 0.0489. The Kier molecular flexibility index (Phi) is 9.14. The third-order valence-corrected chi connectivity index (χ3v) is 10.1. The molecule has 0 aromatic heterocycles. The Balaban J connectivity index is 1.18. The van der Waals surface area contributed by atoms with E-state index in [0.29, 0.717) is 56.3 Å². The van der Waals surface area contributed by atoms with Crippen LogP contribution in [0.5, 0.6) is 0 Å². The fourth-order valence-corrected chi connectivity index (χ4v) is 7.21. The summed E-state index contributed by atoms with van der Waals surface area (Å²) in [6, 6.07) is 0. The molecule has 0 radical (unpaired) electrons. The van der Waals surface area contributed by atoms with Gasteiger partial charge in [0.1, 0.15) is 19.4 Å². The number of nitrogens with one attached hydrogen (secondary N) is 2. The van der Waals surface area contributed by atoms with Gasteiger partial charge in [0.25, 0.3) is 0 Å². The summed E-state index contributed by atoms with van der Waals surface area (Å²) in [6.45, 7) is 6.76. The van der Waals surface area contributed by atoms with Crippen LogP contribution in [0.2, 0.25) is 0 Å². The smallest absolute Gasteiger partial charge is 0.246 e. The maximum atomic E-state index is 13.8. The molecule has 4 atom stereocenters. The Morgan fingerprint density at radius 3 is 2.05 bits per heavy atom. The highest BCUT2D eigenvalue weighted by Gasteiger charge is 2.55. The van der Waals surface area contributed by atoms with Gasteiger partial charge in [-0.15, -0.1) is 11.6 Å². The predicted molar refractivity (Wildman–Crippen MR) is 140 cm³/mol. The molecule has 5 aliphatic carbocycles. The van der Waals surface area contributed by atoms with Gasteiger partial charge in [0.05, 0.1) is 29.2 Å². The fraction of sp³-hybridized carbons (Fsp3) is 0.929. The normalized spacial score (nSPS) is 40.3. The zero-order valence-corrected chi connectivity index (χ0v) is 23.5. The monoisotopic (exact) mass is 544 g/mol. The van der Waals surface area contributed by atoms with E-state index in [1.807, 2.05) is 0 Å². The van der Waals surface area contributed by atoms with Crippen molar-refractivity contribution in [2.24, 2.45) is 11.3 Å². The summed E-state index contributed by atoms with van der Waals surface area (Å²) >= 11 is 5.92. The van der Waals surface area contributed by atoms with Gasteiger partial charge in [0, 0.05) is 12.0 Å². The largest absolute Gasteiger partial charge is 0.391 e. The Bertz CT molecular complexity index is 805. The standard InChI is InChI=1S/C28H46ClFN2O5/c1-26(2,3)18-4-6-19(7-5-18)36-16-24(34)31-27-10-12-28(13-11-27,23(33)15-27)32-25(35)17-37-20-8-9-21(29)22(30)14-20/h18-23,33H,4-17H2,1-3H3,(H,31,34)(H,32,35)/t18?,19?,20?,21?,22?,23-,27?,28?/m0/s1. The summed E-state index contributed by atoms with van der Waals surface area (Å²) in [4.78, 5) is 25.4. The van der Waals surface area contributed by atoms with Crippen molar-refractivity contribution in [2.75, 3.05) is 13.2 Å². The van der Waals surface area contributed by atoms with E-state index in [-0.39, 0.29) is 43.7 Å². The summed E-state index contributed by atoms with van der Waals surface area (Å²) < 4.78 is 25.4. The Morgan fingerprint density at radius 2 is 1.49 bits per heavy atom. The molecule has 9 heteroatoms. The van der Waals surface area contributed by atoms with E-state index in [9.17, 15) is 19.1 Å². The first-order valence-electron chi connectivity index (χ1n) is 14.2. The summed E-state index contributed by atoms with van der Waals surface area (Å²) in [5.74, 6) is 0.275. The molecule has 37 heavy (non-hydrogen) atoms. The molecule has 0 aromatic rings. The number of carbonyl (C=O) groups is 2. The second-order valence-corrected chi connectivity index (χ2v) is 13.7. The van der Waals surface area contributed by atoms with Gasteiger partial charge in [-0.05, 0) is 82.0 Å². The van der Waals surface area contributed by atoms with Crippen molar-refractivity contribution in [1.29, 1.82) is 0 Å². The van der Waals surface area contributed by atoms with Gasteiger partial charge in [0.15, 0.2) is 0 Å². The molecule has 3 unspecified atom stereocenters. The Labute approximate surface area is 225 Å². The number of carbonyl (C=O) groups excluding carboxylic acids is 2. The lowest BCUT2D eigenvalue weighted by Gasteiger charge is -2.56. The van der Waals surface area contributed by atoms with Crippen LogP contribution in [-0.4, -0.2) is 71.1 Å². The summed E-state index contributed by atoms with van der Waals surface area (Å²) in [6.07, 6.45) is 6.55. The van der Waals surface area contributed by atoms with Gasteiger partial charge >= 0.3 is 0 Å². The molecule has 0 aliphatic heterocycles. The molecule has 5 aliphatic rings. The number of hydrogen-bond donors (Lipinski definition) is 3. The van der Waals surface area contributed by atoms with Crippen LogP contribution in [0.3, 0.4) is 0 Å². The topological polar surface area (TPSA) is 96.9 Å². The van der Waals surface area contributed by atoms with Crippen molar-refractivity contribution in [3.8, 4) is 0 Å². The predicted octanol–water partition coefficient (Wildman–Crippen LogP) is 4.17. The van der Waals surface area contributed by atoms with Crippen molar-refractivity contribution in [3.05, 3.63) is 0 Å². The molecular formula is C28H46ClFN2O5. The summed E-state index contributed by atoms with van der Waals surface area (Å²) in [5, 5.41) is 16.7. The second kappa shape index (κ2) is 11.6. The van der Waals surface area contributed by atoms with E-state index < -0.39 is 28.7 Å². The average Bonchev–Trinajstić information content (AvgIpc) is 2.84. The van der Waals surface area contributed by atoms with Crippen LogP contribution >= 0.6 is 11.6 Å². The van der Waals surface area contributed by atoms with Gasteiger partial charge in [-0.1, -0.05) is 20.8 Å². The lowest BCUT2D eigenvalue weighted by molar-refractivity contribution is -0.142. The molecule has 2 bridgehead atoms. The summed E-state index contributed by atoms with van der Waals surface area (Å²) in [5.41, 5.74) is -0.844. The molecule has 7 nitrogen and oxygen atoms in total. The quantitative estimate of drug-likeness (QED) is 0.398. The highest BCUT2D eigenvalue weighted by Crippen LogP contribution is 2.47. The first kappa shape index (κ1) is 29.0. The minimum Gasteiger partial charge on any atom is -0.391 e. The number of halogens is 2. The molecule has 5 rings (SSSR count). The maximum absolute atomic E-state index is 13.8. The third-order valence-electron chi connectivity index (χ3n) is 9.56. The van der Waals surface area contributed by atoms with Crippen LogP contribution < -0.4 is 10.6 Å². The van der Waals surface area contributed by atoms with Gasteiger partial charge in [-0.2, -0.15) is 0 Å². The van der Waals surface area contributed by atoms with E-state index in [1.165, 1.54) is 0 Å². The molecule has 0 saturated heterocycles. The first-order chi connectivity index (χ1) is 17.4. The van der Waals surface area contributed by atoms with E-state index in [2.05, 4.69) is 31.4 Å². The first-order valence-corrected chi connectivity index (χ1v) is 14.6. The Morgan fingerprint density at radius 1 is 0.919 bits per heavy atom.